The SMILES string of the molecule is CCc1ccc(Nc2cc(C(=O)Nc3cccc(F)c3)ncn2)cc1. The number of amides is 1. The van der Waals surface area contributed by atoms with Crippen molar-refractivity contribution in [1.82, 2.24) is 9.97 Å². The zero-order valence-corrected chi connectivity index (χ0v) is 13.7. The number of carbonyl (C=O) groups excluding carboxylic acids is 1. The molecule has 1 amide bonds. The molecule has 0 unspecified atom stereocenters. The van der Waals surface area contributed by atoms with Crippen molar-refractivity contribution in [3.63, 3.8) is 0 Å². The van der Waals surface area contributed by atoms with Crippen LogP contribution in [0, 0.1) is 5.82 Å². The number of rotatable bonds is 5. The third kappa shape index (κ3) is 4.38. The first-order valence-electron chi connectivity index (χ1n) is 7.89. The molecule has 0 aliphatic heterocycles. The molecule has 3 rings (SSSR count). The van der Waals surface area contributed by atoms with Gasteiger partial charge in [0.05, 0.1) is 0 Å². The molecule has 0 atom stereocenters. The van der Waals surface area contributed by atoms with Gasteiger partial charge < -0.3 is 10.6 Å². The van der Waals surface area contributed by atoms with Crippen LogP contribution < -0.4 is 10.6 Å². The van der Waals surface area contributed by atoms with Crippen LogP contribution in [0.2, 0.25) is 0 Å². The maximum atomic E-state index is 13.2. The lowest BCUT2D eigenvalue weighted by Crippen LogP contribution is -2.14. The zero-order valence-electron chi connectivity index (χ0n) is 13.7. The highest BCUT2D eigenvalue weighted by molar-refractivity contribution is 6.03. The van der Waals surface area contributed by atoms with E-state index in [9.17, 15) is 9.18 Å². The number of aromatic nitrogens is 2. The van der Waals surface area contributed by atoms with E-state index >= 15 is 0 Å². The van der Waals surface area contributed by atoms with Gasteiger partial charge in [-0.15, -0.1) is 0 Å². The minimum absolute atomic E-state index is 0.187. The highest BCUT2D eigenvalue weighted by Crippen LogP contribution is 2.16. The van der Waals surface area contributed by atoms with E-state index in [1.54, 1.807) is 12.1 Å². The first-order chi connectivity index (χ1) is 12.1. The topological polar surface area (TPSA) is 66.9 Å². The van der Waals surface area contributed by atoms with Gasteiger partial charge in [0, 0.05) is 17.4 Å². The average molecular weight is 336 g/mol. The molecule has 0 saturated heterocycles. The Morgan fingerprint density at radius 2 is 1.84 bits per heavy atom. The van der Waals surface area contributed by atoms with Gasteiger partial charge in [-0.3, -0.25) is 4.79 Å². The number of nitrogens with one attached hydrogen (secondary N) is 2. The monoisotopic (exact) mass is 336 g/mol. The Kier molecular flexibility index (Phi) is 4.99. The molecule has 0 saturated carbocycles. The van der Waals surface area contributed by atoms with Crippen molar-refractivity contribution in [2.45, 2.75) is 13.3 Å². The molecule has 0 bridgehead atoms. The standard InChI is InChI=1S/C19H17FN4O/c1-2-13-6-8-15(9-7-13)23-18-11-17(21-12-22-18)19(25)24-16-5-3-4-14(20)10-16/h3-12H,2H2,1H3,(H,24,25)(H,21,22,23). The second kappa shape index (κ2) is 7.53. The van der Waals surface area contributed by atoms with E-state index in [4.69, 9.17) is 0 Å². The smallest absolute Gasteiger partial charge is 0.274 e. The maximum absolute atomic E-state index is 13.2. The van der Waals surface area contributed by atoms with Crippen molar-refractivity contribution in [1.29, 1.82) is 0 Å². The lowest BCUT2D eigenvalue weighted by molar-refractivity contribution is 0.102. The number of hydrogen-bond donors (Lipinski definition) is 2. The molecule has 0 aliphatic rings. The summed E-state index contributed by atoms with van der Waals surface area (Å²) in [4.78, 5) is 20.4. The summed E-state index contributed by atoms with van der Waals surface area (Å²) in [5, 5.41) is 5.74. The number of aryl methyl sites for hydroxylation is 1. The van der Waals surface area contributed by atoms with E-state index in [0.29, 0.717) is 11.5 Å². The number of nitrogens with zero attached hydrogens (tertiary/aromatic N) is 2. The molecular formula is C19H17FN4O. The Morgan fingerprint density at radius 1 is 1.04 bits per heavy atom. The average Bonchev–Trinajstić information content (AvgIpc) is 2.62. The molecule has 1 heterocycles. The number of halogens is 1. The minimum atomic E-state index is -0.433. The lowest BCUT2D eigenvalue weighted by atomic mass is 10.1. The first kappa shape index (κ1) is 16.6. The van der Waals surface area contributed by atoms with Crippen molar-refractivity contribution in [2.75, 3.05) is 10.6 Å². The van der Waals surface area contributed by atoms with Crippen molar-refractivity contribution in [3.8, 4) is 0 Å². The Morgan fingerprint density at radius 3 is 2.56 bits per heavy atom. The maximum Gasteiger partial charge on any atom is 0.274 e. The summed E-state index contributed by atoms with van der Waals surface area (Å²) in [6, 6.07) is 15.2. The van der Waals surface area contributed by atoms with Gasteiger partial charge in [-0.1, -0.05) is 25.1 Å². The molecule has 2 aromatic carbocycles. The first-order valence-corrected chi connectivity index (χ1v) is 7.89. The molecule has 5 nitrogen and oxygen atoms in total. The van der Waals surface area contributed by atoms with Gasteiger partial charge in [0.1, 0.15) is 23.7 Å². The van der Waals surface area contributed by atoms with Crippen LogP contribution in [0.1, 0.15) is 23.0 Å². The van der Waals surface area contributed by atoms with Gasteiger partial charge in [-0.05, 0) is 42.3 Å². The number of anilines is 3. The largest absolute Gasteiger partial charge is 0.340 e. The summed E-state index contributed by atoms with van der Waals surface area (Å²) in [7, 11) is 0. The summed E-state index contributed by atoms with van der Waals surface area (Å²) in [6.45, 7) is 2.09. The summed E-state index contributed by atoms with van der Waals surface area (Å²) >= 11 is 0. The van der Waals surface area contributed by atoms with Gasteiger partial charge in [0.2, 0.25) is 0 Å². The fourth-order valence-corrected chi connectivity index (χ4v) is 2.28. The van der Waals surface area contributed by atoms with Gasteiger partial charge in [0.25, 0.3) is 5.91 Å². The van der Waals surface area contributed by atoms with E-state index in [0.717, 1.165) is 12.1 Å². The van der Waals surface area contributed by atoms with Gasteiger partial charge in [-0.25, -0.2) is 14.4 Å². The predicted molar refractivity (Wildman–Crippen MR) is 95.5 cm³/mol. The van der Waals surface area contributed by atoms with Crippen LogP contribution in [0.4, 0.5) is 21.6 Å². The third-order valence-corrected chi connectivity index (χ3v) is 3.62. The number of carbonyl (C=O) groups is 1. The Labute approximate surface area is 145 Å². The molecule has 6 heteroatoms. The third-order valence-electron chi connectivity index (χ3n) is 3.62. The highest BCUT2D eigenvalue weighted by Gasteiger charge is 2.10. The van der Waals surface area contributed by atoms with Crippen molar-refractivity contribution in [2.24, 2.45) is 0 Å². The van der Waals surface area contributed by atoms with E-state index in [2.05, 4.69) is 27.5 Å². The summed E-state index contributed by atoms with van der Waals surface area (Å²) in [6.07, 6.45) is 2.28. The van der Waals surface area contributed by atoms with Crippen LogP contribution in [0.15, 0.2) is 60.9 Å². The molecule has 1 aromatic heterocycles. The fourth-order valence-electron chi connectivity index (χ4n) is 2.28. The van der Waals surface area contributed by atoms with Crippen molar-refractivity contribution in [3.05, 3.63) is 78.0 Å². The second-order valence-electron chi connectivity index (χ2n) is 5.43. The quantitative estimate of drug-likeness (QED) is 0.734. The zero-order chi connectivity index (χ0) is 17.6. The summed E-state index contributed by atoms with van der Waals surface area (Å²) in [5.41, 5.74) is 2.66. The lowest BCUT2D eigenvalue weighted by Gasteiger charge is -2.08. The molecule has 25 heavy (non-hydrogen) atoms. The van der Waals surface area contributed by atoms with Crippen LogP contribution in [-0.4, -0.2) is 15.9 Å². The summed E-state index contributed by atoms with van der Waals surface area (Å²) in [5.74, 6) is -0.348. The van der Waals surface area contributed by atoms with Gasteiger partial charge in [-0.2, -0.15) is 0 Å². The Bertz CT molecular complexity index is 881. The highest BCUT2D eigenvalue weighted by atomic mass is 19.1. The van der Waals surface area contributed by atoms with Gasteiger partial charge >= 0.3 is 0 Å². The molecule has 3 aromatic rings. The van der Waals surface area contributed by atoms with E-state index in [1.165, 1.54) is 30.1 Å². The van der Waals surface area contributed by atoms with Crippen molar-refractivity contribution >= 4 is 23.1 Å². The molecule has 2 N–H and O–H groups in total. The van der Waals surface area contributed by atoms with E-state index in [1.807, 2.05) is 24.3 Å². The van der Waals surface area contributed by atoms with E-state index < -0.39 is 11.7 Å². The van der Waals surface area contributed by atoms with Crippen LogP contribution in [0.5, 0.6) is 0 Å². The van der Waals surface area contributed by atoms with Gasteiger partial charge in [0.15, 0.2) is 0 Å². The van der Waals surface area contributed by atoms with E-state index in [-0.39, 0.29) is 5.69 Å². The molecule has 126 valence electrons. The molecule has 0 spiro atoms. The van der Waals surface area contributed by atoms with Crippen molar-refractivity contribution < 1.29 is 9.18 Å². The minimum Gasteiger partial charge on any atom is -0.340 e. The van der Waals surface area contributed by atoms with Crippen LogP contribution >= 0.6 is 0 Å². The Balaban J connectivity index is 1.72. The van der Waals surface area contributed by atoms with Crippen LogP contribution in [-0.2, 0) is 6.42 Å². The fraction of sp³-hybridized carbons (Fsp3) is 0.105. The second-order valence-corrected chi connectivity index (χ2v) is 5.43. The molecular weight excluding hydrogens is 319 g/mol. The number of benzene rings is 2. The number of hydrogen-bond acceptors (Lipinski definition) is 4. The normalized spacial score (nSPS) is 10.3. The van der Waals surface area contributed by atoms with Crippen LogP contribution in [0.25, 0.3) is 0 Å². The predicted octanol–water partition coefficient (Wildman–Crippen LogP) is 4.17. The molecule has 0 radical (unpaired) electrons. The summed E-state index contributed by atoms with van der Waals surface area (Å²) < 4.78 is 13.2. The van der Waals surface area contributed by atoms with Crippen LogP contribution in [0.3, 0.4) is 0 Å². The Hall–Kier alpha value is -3.28. The molecule has 0 aliphatic carbocycles. The molecule has 0 fully saturated rings.